The van der Waals surface area contributed by atoms with Gasteiger partial charge in [0.05, 0.1) is 24.7 Å². The van der Waals surface area contributed by atoms with E-state index < -0.39 is 0 Å². The number of rotatable bonds is 12. The predicted molar refractivity (Wildman–Crippen MR) is 127 cm³/mol. The second kappa shape index (κ2) is 11.6. The molecule has 0 atom stereocenters. The number of nitrogens with zero attached hydrogens (tertiary/aromatic N) is 4. The summed E-state index contributed by atoms with van der Waals surface area (Å²) in [6, 6.07) is 7.43. The number of anilines is 1. The summed E-state index contributed by atoms with van der Waals surface area (Å²) >= 11 is 1.58. The molecule has 2 N–H and O–H groups in total. The maximum atomic E-state index is 12.2. The first-order valence-electron chi connectivity index (χ1n) is 10.7. The van der Waals surface area contributed by atoms with E-state index in [1.807, 2.05) is 19.1 Å². The summed E-state index contributed by atoms with van der Waals surface area (Å²) in [5.74, 6) is 2.84. The van der Waals surface area contributed by atoms with Gasteiger partial charge in [-0.25, -0.2) is 14.6 Å². The molecule has 0 aliphatic carbocycles. The number of ether oxygens (including phenoxy) is 2. The van der Waals surface area contributed by atoms with E-state index in [1.165, 1.54) is 0 Å². The zero-order chi connectivity index (χ0) is 22.9. The number of nitrogens with one attached hydrogen (secondary N) is 2. The molecule has 32 heavy (non-hydrogen) atoms. The Hall–Kier alpha value is -3.01. The van der Waals surface area contributed by atoms with E-state index in [-0.39, 0.29) is 18.6 Å². The van der Waals surface area contributed by atoms with Crippen molar-refractivity contribution < 1.29 is 14.3 Å². The van der Waals surface area contributed by atoms with E-state index in [4.69, 9.17) is 9.47 Å². The van der Waals surface area contributed by atoms with Gasteiger partial charge in [0.1, 0.15) is 17.3 Å². The molecule has 2 aromatic heterocycles. The van der Waals surface area contributed by atoms with Crippen molar-refractivity contribution in [3.63, 3.8) is 0 Å². The number of carbonyl (C=O) groups is 1. The molecule has 0 saturated carbocycles. The van der Waals surface area contributed by atoms with Crippen LogP contribution in [0, 0.1) is 0 Å². The van der Waals surface area contributed by atoms with Gasteiger partial charge in [0.2, 0.25) is 0 Å². The first-order chi connectivity index (χ1) is 15.5. The van der Waals surface area contributed by atoms with E-state index in [0.717, 1.165) is 28.4 Å². The van der Waals surface area contributed by atoms with Crippen LogP contribution in [0.2, 0.25) is 0 Å². The number of fused-ring (bicyclic) bond motifs is 1. The predicted octanol–water partition coefficient (Wildman–Crippen LogP) is 3.35. The number of hydrogen-bond donors (Lipinski definition) is 2. The Morgan fingerprint density at radius 2 is 1.84 bits per heavy atom. The molecule has 0 aliphatic heterocycles. The molecule has 1 amide bonds. The topological polar surface area (TPSA) is 103 Å². The molecule has 0 bridgehead atoms. The number of aromatic nitrogens is 4. The Morgan fingerprint density at radius 1 is 1.12 bits per heavy atom. The highest BCUT2D eigenvalue weighted by atomic mass is 32.2. The second-order valence-electron chi connectivity index (χ2n) is 7.23. The van der Waals surface area contributed by atoms with Crippen molar-refractivity contribution in [2.24, 2.45) is 0 Å². The lowest BCUT2D eigenvalue weighted by atomic mass is 10.3. The average molecular weight is 459 g/mol. The minimum atomic E-state index is -0.200. The van der Waals surface area contributed by atoms with Gasteiger partial charge in [0.25, 0.3) is 5.91 Å². The van der Waals surface area contributed by atoms with Crippen molar-refractivity contribution in [2.45, 2.75) is 45.4 Å². The van der Waals surface area contributed by atoms with Crippen LogP contribution in [0.25, 0.3) is 11.0 Å². The Bertz CT molecular complexity index is 1020. The minimum Gasteiger partial charge on any atom is -0.494 e. The van der Waals surface area contributed by atoms with Gasteiger partial charge in [-0.1, -0.05) is 18.7 Å². The molecular weight excluding hydrogens is 428 g/mol. The van der Waals surface area contributed by atoms with Crippen LogP contribution >= 0.6 is 11.8 Å². The van der Waals surface area contributed by atoms with Gasteiger partial charge in [-0.05, 0) is 50.8 Å². The summed E-state index contributed by atoms with van der Waals surface area (Å²) in [5, 5.41) is 12.2. The summed E-state index contributed by atoms with van der Waals surface area (Å²) < 4.78 is 12.7. The molecule has 2 heterocycles. The van der Waals surface area contributed by atoms with Crippen LogP contribution in [0.1, 0.15) is 27.7 Å². The van der Waals surface area contributed by atoms with Gasteiger partial charge in [0, 0.05) is 12.6 Å². The monoisotopic (exact) mass is 458 g/mol. The molecule has 0 aliphatic rings. The van der Waals surface area contributed by atoms with E-state index in [1.54, 1.807) is 34.8 Å². The fourth-order valence-corrected chi connectivity index (χ4v) is 3.54. The third kappa shape index (κ3) is 6.49. The summed E-state index contributed by atoms with van der Waals surface area (Å²) in [6.07, 6.45) is 1.76. The van der Waals surface area contributed by atoms with Crippen LogP contribution in [-0.4, -0.2) is 57.2 Å². The molecule has 10 heteroatoms. The fourth-order valence-electron chi connectivity index (χ4n) is 2.98. The lowest BCUT2D eigenvalue weighted by Crippen LogP contribution is -2.31. The Labute approximate surface area is 192 Å². The Balaban J connectivity index is 1.56. The van der Waals surface area contributed by atoms with Crippen molar-refractivity contribution in [2.75, 3.05) is 30.8 Å². The number of carbonyl (C=O) groups excluding carboxylic acids is 1. The molecule has 0 fully saturated rings. The Kier molecular flexibility index (Phi) is 8.55. The third-order valence-corrected chi connectivity index (χ3v) is 5.05. The molecule has 3 rings (SSSR count). The quantitative estimate of drug-likeness (QED) is 0.315. The molecule has 0 spiro atoms. The smallest absolute Gasteiger partial charge is 0.258 e. The number of amides is 1. The molecular formula is C22H30N6O3S. The molecule has 0 radical (unpaired) electrons. The van der Waals surface area contributed by atoms with Crippen LogP contribution in [0.3, 0.4) is 0 Å². The molecule has 0 unspecified atom stereocenters. The lowest BCUT2D eigenvalue weighted by molar-refractivity contribution is -0.123. The number of benzene rings is 1. The van der Waals surface area contributed by atoms with Crippen LogP contribution < -0.4 is 20.1 Å². The minimum absolute atomic E-state index is 0.0598. The maximum Gasteiger partial charge on any atom is 0.258 e. The van der Waals surface area contributed by atoms with E-state index >= 15 is 0 Å². The van der Waals surface area contributed by atoms with Gasteiger partial charge in [-0.15, -0.1) is 0 Å². The van der Waals surface area contributed by atoms with Gasteiger partial charge in [-0.3, -0.25) is 4.79 Å². The van der Waals surface area contributed by atoms with Crippen molar-refractivity contribution in [3.8, 4) is 11.5 Å². The molecule has 172 valence electrons. The zero-order valence-electron chi connectivity index (χ0n) is 18.9. The largest absolute Gasteiger partial charge is 0.494 e. The molecule has 9 nitrogen and oxygen atoms in total. The van der Waals surface area contributed by atoms with Crippen molar-refractivity contribution in [1.29, 1.82) is 0 Å². The Morgan fingerprint density at radius 3 is 2.50 bits per heavy atom. The summed E-state index contributed by atoms with van der Waals surface area (Å²) in [7, 11) is 0. The van der Waals surface area contributed by atoms with Gasteiger partial charge < -0.3 is 20.1 Å². The highest BCUT2D eigenvalue weighted by molar-refractivity contribution is 7.99. The maximum absolute atomic E-state index is 12.2. The van der Waals surface area contributed by atoms with Crippen molar-refractivity contribution in [3.05, 3.63) is 30.5 Å². The first kappa shape index (κ1) is 23.6. The standard InChI is InChI=1S/C22H30N6O3S/c1-5-30-16-7-9-17(10-8-16)31-14-19(29)23-11-12-28-21-18(13-24-28)20(25-15(3)4)26-22(27-21)32-6-2/h7-10,13,15H,5-6,11-12,14H2,1-4H3,(H,23,29)(H,25,26,27). The molecule has 3 aromatic rings. The number of thioether (sulfide) groups is 1. The van der Waals surface area contributed by atoms with E-state index in [9.17, 15) is 4.79 Å². The van der Waals surface area contributed by atoms with Crippen molar-refractivity contribution in [1.82, 2.24) is 25.1 Å². The summed E-state index contributed by atoms with van der Waals surface area (Å²) in [4.78, 5) is 21.4. The van der Waals surface area contributed by atoms with Crippen LogP contribution in [0.5, 0.6) is 11.5 Å². The lowest BCUT2D eigenvalue weighted by Gasteiger charge is -2.12. The molecule has 0 saturated heterocycles. The average Bonchev–Trinajstić information content (AvgIpc) is 3.16. The van der Waals surface area contributed by atoms with Gasteiger partial charge in [-0.2, -0.15) is 5.10 Å². The van der Waals surface area contributed by atoms with Crippen LogP contribution in [-0.2, 0) is 11.3 Å². The summed E-state index contributed by atoms with van der Waals surface area (Å²) in [6.45, 7) is 9.58. The summed E-state index contributed by atoms with van der Waals surface area (Å²) in [5.41, 5.74) is 0.749. The zero-order valence-corrected chi connectivity index (χ0v) is 19.7. The van der Waals surface area contributed by atoms with Gasteiger partial charge in [0.15, 0.2) is 17.4 Å². The highest BCUT2D eigenvalue weighted by Gasteiger charge is 2.14. The number of hydrogen-bond acceptors (Lipinski definition) is 8. The van der Waals surface area contributed by atoms with Gasteiger partial charge >= 0.3 is 0 Å². The van der Waals surface area contributed by atoms with E-state index in [2.05, 4.69) is 46.5 Å². The van der Waals surface area contributed by atoms with E-state index in [0.29, 0.717) is 30.6 Å². The third-order valence-electron chi connectivity index (χ3n) is 4.32. The first-order valence-corrected chi connectivity index (χ1v) is 11.7. The molecule has 1 aromatic carbocycles. The SMILES string of the molecule is CCOc1ccc(OCC(=O)NCCn2ncc3c(NC(C)C)nc(SCC)nc32)cc1. The van der Waals surface area contributed by atoms with Crippen LogP contribution in [0.15, 0.2) is 35.6 Å². The fraction of sp³-hybridized carbons (Fsp3) is 0.455. The van der Waals surface area contributed by atoms with Crippen LogP contribution in [0.4, 0.5) is 5.82 Å². The highest BCUT2D eigenvalue weighted by Crippen LogP contribution is 2.24. The van der Waals surface area contributed by atoms with Crippen molar-refractivity contribution >= 4 is 34.5 Å². The normalized spacial score (nSPS) is 11.0. The second-order valence-corrected chi connectivity index (χ2v) is 8.47.